The molecule has 0 aromatic rings. The van der Waals surface area contributed by atoms with E-state index in [2.05, 4.69) is 26.8 Å². The number of allylic oxidation sites excluding steroid dienone is 1. The van der Waals surface area contributed by atoms with Crippen LogP contribution in [0.2, 0.25) is 0 Å². The van der Waals surface area contributed by atoms with E-state index >= 15 is 0 Å². The number of hydrogen-bond donors (Lipinski definition) is 2. The van der Waals surface area contributed by atoms with Gasteiger partial charge in [0, 0.05) is 32.6 Å². The number of aliphatic hydroxyl groups is 1. The van der Waals surface area contributed by atoms with Crippen LogP contribution in [-0.2, 0) is 4.79 Å². The molecule has 0 aromatic heterocycles. The van der Waals surface area contributed by atoms with E-state index in [9.17, 15) is 14.7 Å². The average Bonchev–Trinajstić information content (AvgIpc) is 3.20. The van der Waals surface area contributed by atoms with E-state index in [0.29, 0.717) is 55.3 Å². The number of nitrogens with two attached hydrogens (primary N) is 1. The van der Waals surface area contributed by atoms with E-state index in [0.717, 1.165) is 43.4 Å². The number of urea groups is 1. The molecule has 1 saturated heterocycles. The number of aliphatic hydroxyl groups excluding tert-OH is 1. The quantitative estimate of drug-likeness (QED) is 0.572. The molecular formula is C29H47N3O3. The largest absolute Gasteiger partial charge is 0.393 e. The summed E-state index contributed by atoms with van der Waals surface area (Å²) in [7, 11) is 0. The maximum atomic E-state index is 12.9. The molecule has 6 nitrogen and oxygen atoms in total. The molecule has 1 heterocycles. The summed E-state index contributed by atoms with van der Waals surface area (Å²) in [5.41, 5.74) is 7.63. The summed E-state index contributed by atoms with van der Waals surface area (Å²) in [4.78, 5) is 27.8. The standard InChI is InChI=1S/C29H47N3O3/c1-19(4-9-26(34)31-14-16-32(17-15-31)27(30)35)23-7-8-24-22-6-5-20-18-21(33)10-12-28(20,2)25(22)11-13-29(23,24)3/h5,19,21-25,33H,4,6-18H2,1-3H3,(H2,30,35)/t19?,21-,22-,23+,24-,25-,28-,29+/m0/s1. The van der Waals surface area contributed by atoms with Gasteiger partial charge >= 0.3 is 6.03 Å². The number of carbonyl (C=O) groups is 2. The first-order chi connectivity index (χ1) is 16.6. The van der Waals surface area contributed by atoms with Gasteiger partial charge in [0.1, 0.15) is 0 Å². The Morgan fingerprint density at radius 2 is 1.77 bits per heavy atom. The van der Waals surface area contributed by atoms with Crippen LogP contribution in [0.3, 0.4) is 0 Å². The highest BCUT2D eigenvalue weighted by molar-refractivity contribution is 5.77. The molecule has 0 bridgehead atoms. The summed E-state index contributed by atoms with van der Waals surface area (Å²) in [6.07, 6.45) is 13.5. The van der Waals surface area contributed by atoms with Crippen molar-refractivity contribution in [3.63, 3.8) is 0 Å². The molecule has 6 heteroatoms. The molecule has 1 unspecified atom stereocenters. The molecule has 5 rings (SSSR count). The summed E-state index contributed by atoms with van der Waals surface area (Å²) >= 11 is 0. The molecular weight excluding hydrogens is 438 g/mol. The van der Waals surface area contributed by atoms with E-state index in [-0.39, 0.29) is 18.0 Å². The second-order valence-electron chi connectivity index (χ2n) is 13.1. The van der Waals surface area contributed by atoms with Gasteiger partial charge in [-0.3, -0.25) is 4.79 Å². The Labute approximate surface area is 211 Å². The number of primary amides is 1. The van der Waals surface area contributed by atoms with Gasteiger partial charge in [0.05, 0.1) is 6.10 Å². The van der Waals surface area contributed by atoms with Crippen LogP contribution in [0.5, 0.6) is 0 Å². The van der Waals surface area contributed by atoms with Crippen molar-refractivity contribution in [1.29, 1.82) is 0 Å². The van der Waals surface area contributed by atoms with Crippen LogP contribution in [0.4, 0.5) is 4.79 Å². The van der Waals surface area contributed by atoms with E-state index in [4.69, 9.17) is 5.73 Å². The lowest BCUT2D eigenvalue weighted by Crippen LogP contribution is -2.52. The predicted molar refractivity (Wildman–Crippen MR) is 137 cm³/mol. The SMILES string of the molecule is CC(CCC(=O)N1CCN(C(N)=O)CC1)[C@H]1CC[C@H]2[C@@H]3CC=C4C[C@@H](O)CC[C@]4(C)[C@H]3CC[C@]12C. The van der Waals surface area contributed by atoms with E-state index in [1.165, 1.54) is 32.1 Å². The predicted octanol–water partition coefficient (Wildman–Crippen LogP) is 4.57. The molecule has 3 N–H and O–H groups in total. The Hall–Kier alpha value is -1.56. The minimum atomic E-state index is -0.385. The average molecular weight is 486 g/mol. The zero-order valence-electron chi connectivity index (χ0n) is 22.2. The van der Waals surface area contributed by atoms with Crippen LogP contribution in [0, 0.1) is 40.4 Å². The monoisotopic (exact) mass is 485 g/mol. The third-order valence-electron chi connectivity index (χ3n) is 11.6. The maximum Gasteiger partial charge on any atom is 0.314 e. The van der Waals surface area contributed by atoms with Gasteiger partial charge in [-0.25, -0.2) is 4.79 Å². The third-order valence-corrected chi connectivity index (χ3v) is 11.6. The fraction of sp³-hybridized carbons (Fsp3) is 0.862. The molecule has 4 aliphatic carbocycles. The number of fused-ring (bicyclic) bond motifs is 5. The zero-order chi connectivity index (χ0) is 25.0. The van der Waals surface area contributed by atoms with Crippen LogP contribution in [0.15, 0.2) is 11.6 Å². The molecule has 4 fully saturated rings. The molecule has 35 heavy (non-hydrogen) atoms. The van der Waals surface area contributed by atoms with Gasteiger partial charge in [0.25, 0.3) is 0 Å². The summed E-state index contributed by atoms with van der Waals surface area (Å²) in [6, 6.07) is -0.385. The Morgan fingerprint density at radius 3 is 2.49 bits per heavy atom. The fourth-order valence-electron chi connectivity index (χ4n) is 9.50. The number of piperazine rings is 1. The van der Waals surface area contributed by atoms with Crippen LogP contribution in [0.25, 0.3) is 0 Å². The highest BCUT2D eigenvalue weighted by atomic mass is 16.3. The maximum absolute atomic E-state index is 12.9. The Kier molecular flexibility index (Phi) is 6.73. The van der Waals surface area contributed by atoms with Crippen LogP contribution in [0.1, 0.15) is 85.0 Å². The second-order valence-corrected chi connectivity index (χ2v) is 13.1. The topological polar surface area (TPSA) is 86.9 Å². The van der Waals surface area contributed by atoms with Crippen molar-refractivity contribution in [1.82, 2.24) is 9.80 Å². The molecule has 5 aliphatic rings. The number of nitrogens with zero attached hydrogens (tertiary/aromatic N) is 2. The summed E-state index contributed by atoms with van der Waals surface area (Å²) in [5, 5.41) is 10.3. The van der Waals surface area contributed by atoms with E-state index in [1.54, 1.807) is 10.5 Å². The highest BCUT2D eigenvalue weighted by Gasteiger charge is 2.59. The summed E-state index contributed by atoms with van der Waals surface area (Å²) in [6.45, 7) is 9.80. The summed E-state index contributed by atoms with van der Waals surface area (Å²) < 4.78 is 0. The molecule has 3 amide bonds. The Bertz CT molecular complexity index is 865. The molecule has 3 saturated carbocycles. The fourth-order valence-corrected chi connectivity index (χ4v) is 9.50. The highest BCUT2D eigenvalue weighted by Crippen LogP contribution is 2.67. The molecule has 0 spiro atoms. The van der Waals surface area contributed by atoms with Crippen molar-refractivity contribution in [3.05, 3.63) is 11.6 Å². The van der Waals surface area contributed by atoms with Crippen molar-refractivity contribution in [2.24, 2.45) is 46.2 Å². The van der Waals surface area contributed by atoms with Crippen molar-refractivity contribution in [3.8, 4) is 0 Å². The van der Waals surface area contributed by atoms with Crippen molar-refractivity contribution in [2.45, 2.75) is 91.1 Å². The van der Waals surface area contributed by atoms with Gasteiger partial charge in [-0.05, 0) is 98.2 Å². The second kappa shape index (κ2) is 9.39. The molecule has 196 valence electrons. The number of amides is 3. The van der Waals surface area contributed by atoms with Gasteiger partial charge < -0.3 is 20.6 Å². The normalized spacial score (nSPS) is 41.9. The van der Waals surface area contributed by atoms with Crippen LogP contribution >= 0.6 is 0 Å². The van der Waals surface area contributed by atoms with E-state index < -0.39 is 0 Å². The van der Waals surface area contributed by atoms with Gasteiger partial charge in [-0.15, -0.1) is 0 Å². The Morgan fingerprint density at radius 1 is 1.06 bits per heavy atom. The molecule has 0 radical (unpaired) electrons. The lowest BCUT2D eigenvalue weighted by molar-refractivity contribution is -0.133. The number of carbonyl (C=O) groups excluding carboxylic acids is 2. The zero-order valence-corrected chi connectivity index (χ0v) is 22.2. The van der Waals surface area contributed by atoms with Gasteiger partial charge in [0.15, 0.2) is 0 Å². The molecule has 8 atom stereocenters. The Balaban J connectivity index is 1.20. The lowest BCUT2D eigenvalue weighted by Gasteiger charge is -2.58. The third kappa shape index (κ3) is 4.32. The van der Waals surface area contributed by atoms with Crippen LogP contribution < -0.4 is 5.73 Å². The smallest absolute Gasteiger partial charge is 0.314 e. The van der Waals surface area contributed by atoms with Gasteiger partial charge in [-0.2, -0.15) is 0 Å². The number of hydrogen-bond acceptors (Lipinski definition) is 3. The van der Waals surface area contributed by atoms with Gasteiger partial charge in [0.2, 0.25) is 5.91 Å². The number of rotatable bonds is 4. The first kappa shape index (κ1) is 25.1. The van der Waals surface area contributed by atoms with Crippen molar-refractivity contribution in [2.75, 3.05) is 26.2 Å². The first-order valence-corrected chi connectivity index (χ1v) is 14.3. The summed E-state index contributed by atoms with van der Waals surface area (Å²) in [5.74, 6) is 3.88. The lowest BCUT2D eigenvalue weighted by atomic mass is 9.47. The first-order valence-electron chi connectivity index (χ1n) is 14.3. The van der Waals surface area contributed by atoms with Gasteiger partial charge in [-0.1, -0.05) is 32.4 Å². The molecule has 0 aromatic carbocycles. The minimum absolute atomic E-state index is 0.133. The van der Waals surface area contributed by atoms with E-state index in [1.807, 2.05) is 4.90 Å². The van der Waals surface area contributed by atoms with Crippen molar-refractivity contribution >= 4 is 11.9 Å². The van der Waals surface area contributed by atoms with Crippen molar-refractivity contribution < 1.29 is 14.7 Å². The minimum Gasteiger partial charge on any atom is -0.393 e. The van der Waals surface area contributed by atoms with Crippen LogP contribution in [-0.4, -0.2) is 59.1 Å². The molecule has 1 aliphatic heterocycles.